The number of rotatable bonds is 2. The van der Waals surface area contributed by atoms with Crippen molar-refractivity contribution in [3.05, 3.63) is 202 Å². The van der Waals surface area contributed by atoms with Crippen LogP contribution in [0.25, 0.3) is 54.2 Å². The van der Waals surface area contributed by atoms with Gasteiger partial charge >= 0.3 is 0 Å². The zero-order valence-electron chi connectivity index (χ0n) is 27.9. The third-order valence-corrected chi connectivity index (χ3v) is 10.4. The molecule has 244 valence electrons. The van der Waals surface area contributed by atoms with E-state index in [9.17, 15) is 0 Å². The second-order valence-electron chi connectivity index (χ2n) is 13.3. The third-order valence-electron chi connectivity index (χ3n) is 10.4. The van der Waals surface area contributed by atoms with Crippen LogP contribution in [0.15, 0.2) is 168 Å². The van der Waals surface area contributed by atoms with Gasteiger partial charge in [0, 0.05) is 54.2 Å². The van der Waals surface area contributed by atoms with Crippen LogP contribution in [0.5, 0.6) is 0 Å². The zero-order valence-corrected chi connectivity index (χ0v) is 27.9. The number of hydrogen-bond donors (Lipinski definition) is 4. The second kappa shape index (κ2) is 11.2. The van der Waals surface area contributed by atoms with Gasteiger partial charge in [-0.05, 0) is 11.1 Å². The molecule has 0 aliphatic carbocycles. The van der Waals surface area contributed by atoms with Crippen molar-refractivity contribution in [1.82, 2.24) is 19.9 Å². The summed E-state index contributed by atoms with van der Waals surface area (Å²) < 4.78 is 0. The van der Waals surface area contributed by atoms with Crippen LogP contribution in [0, 0.1) is 0 Å². The van der Waals surface area contributed by atoms with Crippen LogP contribution in [0.2, 0.25) is 0 Å². The van der Waals surface area contributed by atoms with Gasteiger partial charge in [-0.25, -0.2) is 9.98 Å². The highest BCUT2D eigenvalue weighted by Gasteiger charge is 2.22. The highest BCUT2D eigenvalue weighted by Crippen LogP contribution is 2.36. The molecule has 5 heterocycles. The Morgan fingerprint density at radius 3 is 1.06 bits per heavy atom. The monoisotopic (exact) mass is 666 g/mol. The maximum atomic E-state index is 5.32. The molecule has 10 aromatic rings. The molecule has 4 aromatic heterocycles. The summed E-state index contributed by atoms with van der Waals surface area (Å²) >= 11 is 0. The Bertz CT molecular complexity index is 3070. The lowest BCUT2D eigenvalue weighted by molar-refractivity contribution is 1.10. The average molecular weight is 667 g/mol. The third kappa shape index (κ3) is 4.25. The summed E-state index contributed by atoms with van der Waals surface area (Å²) in [7, 11) is 0. The molecular formula is C46H30N6. The molecule has 0 amide bonds. The number of aromatic amines is 4. The predicted octanol–water partition coefficient (Wildman–Crippen LogP) is 8.32. The summed E-state index contributed by atoms with van der Waals surface area (Å²) in [6.45, 7) is 0. The van der Waals surface area contributed by atoms with Crippen LogP contribution < -0.4 is 21.7 Å². The molecule has 11 rings (SSSR count). The number of nitrogens with zero attached hydrogens (tertiary/aromatic N) is 2. The van der Waals surface area contributed by atoms with E-state index in [0.29, 0.717) is 0 Å². The Balaban J connectivity index is 1.45. The lowest BCUT2D eigenvalue weighted by atomic mass is 9.97. The molecular weight excluding hydrogens is 637 g/mol. The summed E-state index contributed by atoms with van der Waals surface area (Å²) in [6.07, 6.45) is 0. The van der Waals surface area contributed by atoms with Crippen LogP contribution in [0.3, 0.4) is 0 Å². The van der Waals surface area contributed by atoms with Gasteiger partial charge < -0.3 is 19.9 Å². The predicted molar refractivity (Wildman–Crippen MR) is 210 cm³/mol. The number of aromatic nitrogens is 4. The molecule has 0 spiro atoms. The van der Waals surface area contributed by atoms with Gasteiger partial charge in [0.1, 0.15) is 22.6 Å². The molecule has 52 heavy (non-hydrogen) atoms. The normalized spacial score (nSPS) is 12.8. The van der Waals surface area contributed by atoms with E-state index in [4.69, 9.17) is 9.98 Å². The van der Waals surface area contributed by atoms with Crippen LogP contribution in [-0.2, 0) is 0 Å². The maximum absolute atomic E-state index is 5.32. The Morgan fingerprint density at radius 2 is 0.635 bits per heavy atom. The largest absolute Gasteiger partial charge is 0.353 e. The highest BCUT2D eigenvalue weighted by atomic mass is 15.0. The van der Waals surface area contributed by atoms with E-state index in [1.54, 1.807) is 0 Å². The fourth-order valence-corrected chi connectivity index (χ4v) is 8.05. The molecule has 0 unspecified atom stereocenters. The molecule has 0 fully saturated rings. The molecule has 6 aromatic carbocycles. The van der Waals surface area contributed by atoms with E-state index in [-0.39, 0.29) is 0 Å². The first-order valence-electron chi connectivity index (χ1n) is 17.5. The van der Waals surface area contributed by atoms with E-state index in [1.807, 2.05) is 0 Å². The van der Waals surface area contributed by atoms with Crippen molar-refractivity contribution in [2.45, 2.75) is 0 Å². The summed E-state index contributed by atoms with van der Waals surface area (Å²) in [5.74, 6) is 1.56. The van der Waals surface area contributed by atoms with Gasteiger partial charge in [-0.15, -0.1) is 0 Å². The minimum atomic E-state index is 0.751. The molecule has 0 saturated heterocycles. The summed E-state index contributed by atoms with van der Waals surface area (Å²) in [6, 6.07) is 55.3. The van der Waals surface area contributed by atoms with E-state index in [2.05, 4.69) is 178 Å². The van der Waals surface area contributed by atoms with Crippen LogP contribution in [0.1, 0.15) is 22.5 Å². The molecule has 0 atom stereocenters. The molecule has 8 bridgehead atoms. The Labute approximate surface area is 296 Å². The van der Waals surface area contributed by atoms with Crippen molar-refractivity contribution in [2.24, 2.45) is 9.98 Å². The van der Waals surface area contributed by atoms with Crippen molar-refractivity contribution in [3.63, 3.8) is 0 Å². The fourth-order valence-electron chi connectivity index (χ4n) is 8.05. The first-order valence-corrected chi connectivity index (χ1v) is 17.5. The van der Waals surface area contributed by atoms with Crippen molar-refractivity contribution in [3.8, 4) is 0 Å². The van der Waals surface area contributed by atoms with Crippen molar-refractivity contribution < 1.29 is 0 Å². The Morgan fingerprint density at radius 1 is 0.288 bits per heavy atom. The van der Waals surface area contributed by atoms with Crippen molar-refractivity contribution in [1.29, 1.82) is 0 Å². The van der Waals surface area contributed by atoms with Crippen molar-refractivity contribution >= 4 is 65.9 Å². The highest BCUT2D eigenvalue weighted by molar-refractivity contribution is 6.06. The van der Waals surface area contributed by atoms with Gasteiger partial charge in [0.25, 0.3) is 0 Å². The fraction of sp³-hybridized carbons (Fsp3) is 0. The van der Waals surface area contributed by atoms with Gasteiger partial charge in [0.05, 0.1) is 22.1 Å². The second-order valence-corrected chi connectivity index (χ2v) is 13.3. The minimum Gasteiger partial charge on any atom is -0.353 e. The van der Waals surface area contributed by atoms with Gasteiger partial charge in [0.2, 0.25) is 0 Å². The molecule has 1 aliphatic rings. The lowest BCUT2D eigenvalue weighted by Gasteiger charge is -2.08. The average Bonchev–Trinajstić information content (AvgIpc) is 3.96. The molecule has 4 N–H and O–H groups in total. The molecule has 6 nitrogen and oxygen atoms in total. The first kappa shape index (κ1) is 28.6. The lowest BCUT2D eigenvalue weighted by Crippen LogP contribution is -2.18. The quantitative estimate of drug-likeness (QED) is 0.143. The van der Waals surface area contributed by atoms with E-state index < -0.39 is 0 Å². The number of H-pyrrole nitrogens is 4. The number of hydrogen-bond acceptors (Lipinski definition) is 2. The van der Waals surface area contributed by atoms with Crippen LogP contribution >= 0.6 is 0 Å². The van der Waals surface area contributed by atoms with Gasteiger partial charge in [-0.2, -0.15) is 0 Å². The van der Waals surface area contributed by atoms with E-state index in [0.717, 1.165) is 110 Å². The van der Waals surface area contributed by atoms with E-state index in [1.165, 1.54) is 0 Å². The van der Waals surface area contributed by atoms with Crippen molar-refractivity contribution in [2.75, 3.05) is 0 Å². The molecule has 1 aliphatic heterocycles. The zero-order chi connectivity index (χ0) is 34.2. The van der Waals surface area contributed by atoms with E-state index >= 15 is 0 Å². The summed E-state index contributed by atoms with van der Waals surface area (Å²) in [5, 5.41) is 10.6. The summed E-state index contributed by atoms with van der Waals surface area (Å²) in [5.41, 5.74) is 7.85. The number of fused-ring (bicyclic) bond motifs is 20. The Hall–Kier alpha value is -7.18. The maximum Gasteiger partial charge on any atom is 0.142 e. The smallest absolute Gasteiger partial charge is 0.142 e. The minimum absolute atomic E-state index is 0.751. The van der Waals surface area contributed by atoms with Gasteiger partial charge in [-0.1, -0.05) is 158 Å². The standard InChI is InChI=1S/C46H30N6/c1-3-15-27(16-4-1)37-39-29-19-7-8-20-30(29)40(47-39)38(28-17-5-2-6-18-28)42-32-22-10-12-24-34(32)44(49-42)51-46-36-26-14-13-25-35(36)45(52-46)50-43-33-23-11-9-21-31(33)41(37)48-43/h1-26,47H,(H3,48,49,50,51,52). The molecule has 0 saturated carbocycles. The van der Waals surface area contributed by atoms with Crippen LogP contribution in [0.4, 0.5) is 11.6 Å². The SMILES string of the molecule is c1ccc(C2=c3[nH]c(c4ccccc34)=C(c3ccccc3)c3[nH]c(c4ccccc34)N=c3[nH]c(c4ccccc34)=Nc3[nH]c2c2ccccc32)cc1. The van der Waals surface area contributed by atoms with Crippen LogP contribution in [-0.4, -0.2) is 19.9 Å². The number of nitrogens with one attached hydrogen (secondary N) is 4. The number of benzene rings is 6. The molecule has 6 heteroatoms. The Kier molecular flexibility index (Phi) is 6.15. The van der Waals surface area contributed by atoms with Gasteiger partial charge in [0.15, 0.2) is 0 Å². The molecule has 0 radical (unpaired) electrons. The topological polar surface area (TPSA) is 87.9 Å². The summed E-state index contributed by atoms with van der Waals surface area (Å²) in [4.78, 5) is 26.0. The first-order chi connectivity index (χ1) is 25.8. The van der Waals surface area contributed by atoms with Gasteiger partial charge in [-0.3, -0.25) is 0 Å².